The molecular formula is C24H21FN4O3S. The number of hydrogen-bond donors (Lipinski definition) is 2. The van der Waals surface area contributed by atoms with Gasteiger partial charge in [0.05, 0.1) is 4.90 Å². The Bertz CT molecular complexity index is 1370. The number of aryl methyl sites for hydroxylation is 1. The predicted molar refractivity (Wildman–Crippen MR) is 123 cm³/mol. The minimum absolute atomic E-state index is 0.117. The minimum atomic E-state index is -3.80. The topological polar surface area (TPSA) is 93.1 Å². The smallest absolute Gasteiger partial charge is 0.261 e. The average molecular weight is 465 g/mol. The third-order valence-corrected chi connectivity index (χ3v) is 6.42. The highest BCUT2D eigenvalue weighted by Crippen LogP contribution is 2.23. The van der Waals surface area contributed by atoms with Crippen molar-refractivity contribution < 1.29 is 17.6 Å². The molecule has 0 aliphatic rings. The van der Waals surface area contributed by atoms with Crippen molar-refractivity contribution in [1.82, 2.24) is 14.9 Å². The number of hydrogen-bond acceptors (Lipinski definition) is 4. The lowest BCUT2D eigenvalue weighted by atomic mass is 10.0. The van der Waals surface area contributed by atoms with Crippen LogP contribution in [0, 0.1) is 5.82 Å². The molecule has 0 aliphatic carbocycles. The molecule has 0 saturated heterocycles. The van der Waals surface area contributed by atoms with Crippen molar-refractivity contribution in [2.45, 2.75) is 10.9 Å². The van der Waals surface area contributed by atoms with Crippen molar-refractivity contribution in [3.63, 3.8) is 0 Å². The molecule has 4 rings (SSSR count). The number of nitrogens with zero attached hydrogens (tertiary/aromatic N) is 2. The fourth-order valence-electron chi connectivity index (χ4n) is 3.36. The molecule has 0 saturated carbocycles. The number of imidazole rings is 1. The number of halogens is 1. The molecule has 1 atom stereocenters. The van der Waals surface area contributed by atoms with Crippen LogP contribution in [0.5, 0.6) is 0 Å². The maximum atomic E-state index is 13.4. The van der Waals surface area contributed by atoms with Crippen LogP contribution in [0.1, 0.15) is 27.8 Å². The van der Waals surface area contributed by atoms with Crippen LogP contribution in [0.25, 0.3) is 0 Å². The van der Waals surface area contributed by atoms with Gasteiger partial charge >= 0.3 is 0 Å². The number of benzene rings is 3. The van der Waals surface area contributed by atoms with Gasteiger partial charge in [0.2, 0.25) is 0 Å². The van der Waals surface area contributed by atoms with Crippen LogP contribution in [-0.2, 0) is 17.1 Å². The van der Waals surface area contributed by atoms with Gasteiger partial charge in [-0.05, 0) is 48.0 Å². The summed E-state index contributed by atoms with van der Waals surface area (Å²) in [5.74, 6) is -0.258. The summed E-state index contributed by atoms with van der Waals surface area (Å²) in [4.78, 5) is 17.5. The van der Waals surface area contributed by atoms with E-state index >= 15 is 0 Å². The third-order valence-electron chi connectivity index (χ3n) is 5.03. The standard InChI is InChI=1S/C24H21FN4O3S/c1-29-15-14-26-23(29)22(17-10-12-19(25)13-11-17)27-24(30)18-6-5-7-20(16-18)28-33(31,32)21-8-3-2-4-9-21/h2-16,22,28H,1H3,(H,27,30). The summed E-state index contributed by atoms with van der Waals surface area (Å²) >= 11 is 0. The van der Waals surface area contributed by atoms with E-state index < -0.39 is 22.0 Å². The molecule has 2 N–H and O–H groups in total. The molecule has 0 spiro atoms. The average Bonchev–Trinajstić information content (AvgIpc) is 3.24. The Morgan fingerprint density at radius 1 is 1.00 bits per heavy atom. The van der Waals surface area contributed by atoms with Crippen LogP contribution >= 0.6 is 0 Å². The normalized spacial score (nSPS) is 12.2. The second-order valence-corrected chi connectivity index (χ2v) is 9.04. The van der Waals surface area contributed by atoms with Crippen LogP contribution in [0.15, 0.2) is 96.2 Å². The van der Waals surface area contributed by atoms with E-state index in [2.05, 4.69) is 15.0 Å². The molecule has 7 nitrogen and oxygen atoms in total. The first-order chi connectivity index (χ1) is 15.8. The molecule has 3 aromatic carbocycles. The zero-order valence-corrected chi connectivity index (χ0v) is 18.5. The largest absolute Gasteiger partial charge is 0.338 e. The Balaban J connectivity index is 1.59. The summed E-state index contributed by atoms with van der Waals surface area (Å²) in [6.07, 6.45) is 3.36. The number of amides is 1. The molecular weight excluding hydrogens is 443 g/mol. The van der Waals surface area contributed by atoms with E-state index in [1.807, 2.05) is 0 Å². The SMILES string of the molecule is Cn1ccnc1C(NC(=O)c1cccc(NS(=O)(=O)c2ccccc2)c1)c1ccc(F)cc1. The molecule has 1 unspecified atom stereocenters. The van der Waals surface area contributed by atoms with Crippen molar-refractivity contribution in [2.24, 2.45) is 7.05 Å². The second-order valence-electron chi connectivity index (χ2n) is 7.35. The molecule has 0 radical (unpaired) electrons. The van der Waals surface area contributed by atoms with E-state index in [0.717, 1.165) is 0 Å². The van der Waals surface area contributed by atoms with Gasteiger partial charge in [-0.3, -0.25) is 9.52 Å². The zero-order valence-electron chi connectivity index (χ0n) is 17.6. The Hall–Kier alpha value is -3.98. The van der Waals surface area contributed by atoms with E-state index in [1.54, 1.807) is 72.5 Å². The van der Waals surface area contributed by atoms with Crippen LogP contribution in [0.2, 0.25) is 0 Å². The Kier molecular flexibility index (Phi) is 6.23. The highest BCUT2D eigenvalue weighted by atomic mass is 32.2. The molecule has 168 valence electrons. The number of aromatic nitrogens is 2. The quantitative estimate of drug-likeness (QED) is 0.434. The van der Waals surface area contributed by atoms with E-state index in [4.69, 9.17) is 0 Å². The van der Waals surface area contributed by atoms with Gasteiger partial charge in [0.25, 0.3) is 15.9 Å². The number of anilines is 1. The van der Waals surface area contributed by atoms with Gasteiger partial charge in [-0.15, -0.1) is 0 Å². The maximum absolute atomic E-state index is 13.4. The van der Waals surface area contributed by atoms with Gasteiger partial charge in [0.15, 0.2) is 0 Å². The maximum Gasteiger partial charge on any atom is 0.261 e. The van der Waals surface area contributed by atoms with E-state index in [0.29, 0.717) is 11.4 Å². The molecule has 0 aliphatic heterocycles. The molecule has 1 aromatic heterocycles. The van der Waals surface area contributed by atoms with Crippen LogP contribution in [0.3, 0.4) is 0 Å². The molecule has 1 heterocycles. The van der Waals surface area contributed by atoms with Crippen LogP contribution in [-0.4, -0.2) is 23.9 Å². The van der Waals surface area contributed by atoms with Gasteiger partial charge < -0.3 is 9.88 Å². The van der Waals surface area contributed by atoms with Crippen molar-refractivity contribution in [3.8, 4) is 0 Å². The number of carbonyl (C=O) groups is 1. The summed E-state index contributed by atoms with van der Waals surface area (Å²) < 4.78 is 42.9. The fourth-order valence-corrected chi connectivity index (χ4v) is 4.43. The summed E-state index contributed by atoms with van der Waals surface area (Å²) in [6, 6.07) is 19.3. The number of rotatable bonds is 7. The van der Waals surface area contributed by atoms with Crippen molar-refractivity contribution in [2.75, 3.05) is 4.72 Å². The van der Waals surface area contributed by atoms with Crippen molar-refractivity contribution in [1.29, 1.82) is 0 Å². The van der Waals surface area contributed by atoms with Crippen LogP contribution in [0.4, 0.5) is 10.1 Å². The summed E-state index contributed by atoms with van der Waals surface area (Å²) in [7, 11) is -2.00. The molecule has 4 aromatic rings. The molecule has 33 heavy (non-hydrogen) atoms. The second kappa shape index (κ2) is 9.25. The Labute approximate surface area is 191 Å². The molecule has 9 heteroatoms. The molecule has 0 bridgehead atoms. The van der Waals surface area contributed by atoms with Crippen molar-refractivity contribution >= 4 is 21.6 Å². The monoisotopic (exact) mass is 464 g/mol. The van der Waals surface area contributed by atoms with Crippen LogP contribution < -0.4 is 10.0 Å². The number of sulfonamides is 1. The summed E-state index contributed by atoms with van der Waals surface area (Å²) in [5.41, 5.74) is 1.16. The lowest BCUT2D eigenvalue weighted by Gasteiger charge is -2.19. The zero-order chi connectivity index (χ0) is 23.4. The summed E-state index contributed by atoms with van der Waals surface area (Å²) in [6.45, 7) is 0. The first kappa shape index (κ1) is 22.2. The van der Waals surface area contributed by atoms with Gasteiger partial charge in [-0.2, -0.15) is 0 Å². The van der Waals surface area contributed by atoms with Gasteiger partial charge in [0.1, 0.15) is 17.7 Å². The fraction of sp³-hybridized carbons (Fsp3) is 0.0833. The Morgan fingerprint density at radius 3 is 2.39 bits per heavy atom. The number of nitrogens with one attached hydrogen (secondary N) is 2. The van der Waals surface area contributed by atoms with E-state index in [9.17, 15) is 17.6 Å². The lowest BCUT2D eigenvalue weighted by molar-refractivity contribution is 0.0941. The van der Waals surface area contributed by atoms with Gasteiger partial charge in [0, 0.05) is 30.7 Å². The highest BCUT2D eigenvalue weighted by Gasteiger charge is 2.22. The highest BCUT2D eigenvalue weighted by molar-refractivity contribution is 7.92. The first-order valence-electron chi connectivity index (χ1n) is 10.0. The third kappa shape index (κ3) is 5.09. The predicted octanol–water partition coefficient (Wildman–Crippen LogP) is 3.88. The van der Waals surface area contributed by atoms with E-state index in [1.165, 1.54) is 30.3 Å². The van der Waals surface area contributed by atoms with E-state index in [-0.39, 0.29) is 22.0 Å². The number of carbonyl (C=O) groups excluding carboxylic acids is 1. The summed E-state index contributed by atoms with van der Waals surface area (Å²) in [5, 5.41) is 2.91. The molecule has 0 fully saturated rings. The van der Waals surface area contributed by atoms with Crippen molar-refractivity contribution in [3.05, 3.63) is 114 Å². The van der Waals surface area contributed by atoms with Gasteiger partial charge in [-0.1, -0.05) is 36.4 Å². The molecule has 1 amide bonds. The minimum Gasteiger partial charge on any atom is -0.338 e. The first-order valence-corrected chi connectivity index (χ1v) is 11.5. The Morgan fingerprint density at radius 2 is 1.73 bits per heavy atom. The van der Waals surface area contributed by atoms with Gasteiger partial charge in [-0.25, -0.2) is 17.8 Å². The lowest BCUT2D eigenvalue weighted by Crippen LogP contribution is -2.31.